The van der Waals surface area contributed by atoms with Gasteiger partial charge in [-0.25, -0.2) is 8.42 Å². The van der Waals surface area contributed by atoms with E-state index >= 15 is 0 Å². The number of hydrogen-bond donors (Lipinski definition) is 1. The van der Waals surface area contributed by atoms with E-state index in [-0.39, 0.29) is 35.2 Å². The van der Waals surface area contributed by atoms with Gasteiger partial charge in [-0.1, -0.05) is 61.3 Å². The quantitative estimate of drug-likeness (QED) is 0.249. The van der Waals surface area contributed by atoms with Crippen LogP contribution in [0.15, 0.2) is 71.6 Å². The van der Waals surface area contributed by atoms with Crippen LogP contribution in [0.3, 0.4) is 0 Å². The number of ether oxygens (including phenoxy) is 2. The lowest BCUT2D eigenvalue weighted by Gasteiger charge is -2.33. The first-order chi connectivity index (χ1) is 20.1. The Morgan fingerprint density at radius 3 is 2.26 bits per heavy atom. The third-order valence-corrected chi connectivity index (χ3v) is 8.92. The van der Waals surface area contributed by atoms with Crippen LogP contribution in [0.4, 0.5) is 5.69 Å². The highest BCUT2D eigenvalue weighted by atomic mass is 35.5. The number of hydrogen-bond acceptors (Lipinski definition) is 6. The SMILES string of the molecule is CCCNC(=O)[C@@H](CC)N(Cc1ccc(Cl)cc1Cl)C(=O)CN(c1cc(OC)ccc1OC)S(=O)(=O)c1ccccc1. The number of benzene rings is 3. The molecule has 226 valence electrons. The van der Waals surface area contributed by atoms with Gasteiger partial charge in [0.05, 0.1) is 24.8 Å². The monoisotopic (exact) mass is 635 g/mol. The minimum atomic E-state index is -4.29. The van der Waals surface area contributed by atoms with Gasteiger partial charge in [-0.3, -0.25) is 13.9 Å². The van der Waals surface area contributed by atoms with Gasteiger partial charge in [0.1, 0.15) is 24.1 Å². The van der Waals surface area contributed by atoms with Crippen molar-refractivity contribution in [1.82, 2.24) is 10.2 Å². The van der Waals surface area contributed by atoms with Crippen LogP contribution in [0.2, 0.25) is 10.0 Å². The van der Waals surface area contributed by atoms with E-state index in [1.54, 1.807) is 55.5 Å². The van der Waals surface area contributed by atoms with Gasteiger partial charge >= 0.3 is 0 Å². The van der Waals surface area contributed by atoms with Crippen molar-refractivity contribution < 1.29 is 27.5 Å². The molecule has 12 heteroatoms. The second-order valence-electron chi connectivity index (χ2n) is 9.33. The lowest BCUT2D eigenvalue weighted by Crippen LogP contribution is -2.52. The van der Waals surface area contributed by atoms with Gasteiger partial charge < -0.3 is 19.7 Å². The smallest absolute Gasteiger partial charge is 0.264 e. The minimum absolute atomic E-state index is 0.0253. The molecule has 42 heavy (non-hydrogen) atoms. The second kappa shape index (κ2) is 15.1. The molecule has 0 fully saturated rings. The number of anilines is 1. The van der Waals surface area contributed by atoms with Crippen LogP contribution < -0.4 is 19.1 Å². The molecule has 0 aliphatic carbocycles. The zero-order valence-corrected chi connectivity index (χ0v) is 26.3. The van der Waals surface area contributed by atoms with E-state index in [2.05, 4.69) is 5.32 Å². The van der Waals surface area contributed by atoms with E-state index in [1.807, 2.05) is 6.92 Å². The summed E-state index contributed by atoms with van der Waals surface area (Å²) in [5.74, 6) is -0.400. The van der Waals surface area contributed by atoms with Crippen LogP contribution in [0.25, 0.3) is 0 Å². The molecule has 3 rings (SSSR count). The molecule has 3 aromatic rings. The molecule has 0 saturated heterocycles. The van der Waals surface area contributed by atoms with Gasteiger partial charge in [0, 0.05) is 29.2 Å². The molecular weight excluding hydrogens is 601 g/mol. The number of rotatable bonds is 14. The maximum Gasteiger partial charge on any atom is 0.264 e. The summed E-state index contributed by atoms with van der Waals surface area (Å²) in [4.78, 5) is 28.8. The second-order valence-corrected chi connectivity index (χ2v) is 12.0. The maximum atomic E-state index is 14.2. The lowest BCUT2D eigenvalue weighted by atomic mass is 10.1. The largest absolute Gasteiger partial charge is 0.497 e. The Balaban J connectivity index is 2.15. The van der Waals surface area contributed by atoms with Crippen molar-refractivity contribution in [2.24, 2.45) is 0 Å². The minimum Gasteiger partial charge on any atom is -0.497 e. The molecule has 0 saturated carbocycles. The van der Waals surface area contributed by atoms with Crippen LogP contribution in [0, 0.1) is 0 Å². The van der Waals surface area contributed by atoms with Crippen LogP contribution in [-0.4, -0.2) is 58.5 Å². The van der Waals surface area contributed by atoms with Gasteiger partial charge in [0.25, 0.3) is 10.0 Å². The number of carbonyl (C=O) groups is 2. The van der Waals surface area contributed by atoms with Gasteiger partial charge in [-0.05, 0) is 54.8 Å². The third kappa shape index (κ3) is 7.87. The number of halogens is 2. The summed E-state index contributed by atoms with van der Waals surface area (Å²) in [6, 6.07) is 16.4. The normalized spacial score (nSPS) is 11.9. The van der Waals surface area contributed by atoms with E-state index in [9.17, 15) is 18.0 Å². The predicted octanol–water partition coefficient (Wildman–Crippen LogP) is 5.54. The van der Waals surface area contributed by atoms with Gasteiger partial charge in [0.2, 0.25) is 11.8 Å². The average molecular weight is 637 g/mol. The van der Waals surface area contributed by atoms with Crippen LogP contribution >= 0.6 is 23.2 Å². The average Bonchev–Trinajstić information content (AvgIpc) is 2.99. The van der Waals surface area contributed by atoms with E-state index in [4.69, 9.17) is 32.7 Å². The molecule has 0 unspecified atom stereocenters. The standard InChI is InChI=1S/C30H35Cl2N3O6S/c1-5-16-33-30(37)26(6-2)34(19-21-12-13-22(31)17-25(21)32)29(36)20-35(42(38,39)24-10-8-7-9-11-24)27-18-23(40-3)14-15-28(27)41-4/h7-15,17-18,26H,5-6,16,19-20H2,1-4H3,(H,33,37)/t26-/m1/s1. The van der Waals surface area contributed by atoms with Crippen LogP contribution in [-0.2, 0) is 26.2 Å². The molecule has 1 N–H and O–H groups in total. The van der Waals surface area contributed by atoms with Crippen molar-refractivity contribution in [2.45, 2.75) is 44.2 Å². The Labute approximate surface area is 257 Å². The van der Waals surface area contributed by atoms with Crippen LogP contribution in [0.5, 0.6) is 11.5 Å². The summed E-state index contributed by atoms with van der Waals surface area (Å²) in [5.41, 5.74) is 0.648. The Hall–Kier alpha value is -3.47. The summed E-state index contributed by atoms with van der Waals surface area (Å²) < 4.78 is 39.9. The molecule has 0 spiro atoms. The number of nitrogens with zero attached hydrogens (tertiary/aromatic N) is 2. The van der Waals surface area contributed by atoms with E-state index in [0.717, 1.165) is 4.31 Å². The summed E-state index contributed by atoms with van der Waals surface area (Å²) in [7, 11) is -1.43. The predicted molar refractivity (Wildman–Crippen MR) is 165 cm³/mol. The Bertz CT molecular complexity index is 1490. The molecule has 9 nitrogen and oxygen atoms in total. The third-order valence-electron chi connectivity index (χ3n) is 6.56. The zero-order valence-electron chi connectivity index (χ0n) is 24.0. The van der Waals surface area contributed by atoms with Crippen LogP contribution in [0.1, 0.15) is 32.3 Å². The van der Waals surface area contributed by atoms with Gasteiger partial charge in [-0.2, -0.15) is 0 Å². The first-order valence-corrected chi connectivity index (χ1v) is 15.6. The number of methoxy groups -OCH3 is 2. The first-order valence-electron chi connectivity index (χ1n) is 13.4. The molecule has 3 aromatic carbocycles. The molecule has 0 bridgehead atoms. The lowest BCUT2D eigenvalue weighted by molar-refractivity contribution is -0.140. The highest BCUT2D eigenvalue weighted by Crippen LogP contribution is 2.36. The van der Waals surface area contributed by atoms with Crippen molar-refractivity contribution >= 4 is 50.7 Å². The number of amides is 2. The number of carbonyl (C=O) groups excluding carboxylic acids is 2. The summed E-state index contributed by atoms with van der Waals surface area (Å²) in [5, 5.41) is 3.58. The molecular formula is C30H35Cl2N3O6S. The Morgan fingerprint density at radius 1 is 0.952 bits per heavy atom. The number of nitrogens with one attached hydrogen (secondary N) is 1. The van der Waals surface area contributed by atoms with Crippen molar-refractivity contribution in [3.05, 3.63) is 82.3 Å². The van der Waals surface area contributed by atoms with Crippen molar-refractivity contribution in [1.29, 1.82) is 0 Å². The Kier molecular flexibility index (Phi) is 11.9. The molecule has 1 atom stereocenters. The fourth-order valence-corrected chi connectivity index (χ4v) is 6.25. The first kappa shape index (κ1) is 33.0. The fourth-order valence-electron chi connectivity index (χ4n) is 4.34. The molecule has 0 aliphatic heterocycles. The molecule has 0 radical (unpaired) electrons. The topological polar surface area (TPSA) is 105 Å². The van der Waals surface area contributed by atoms with Crippen molar-refractivity contribution in [3.63, 3.8) is 0 Å². The number of sulfonamides is 1. The highest BCUT2D eigenvalue weighted by molar-refractivity contribution is 7.92. The molecule has 0 aromatic heterocycles. The molecule has 0 aliphatic rings. The maximum absolute atomic E-state index is 14.2. The van der Waals surface area contributed by atoms with Gasteiger partial charge in [-0.15, -0.1) is 0 Å². The zero-order chi connectivity index (χ0) is 30.9. The fraction of sp³-hybridized carbons (Fsp3) is 0.333. The molecule has 0 heterocycles. The van der Waals surface area contributed by atoms with E-state index in [0.29, 0.717) is 34.3 Å². The van der Waals surface area contributed by atoms with Crippen molar-refractivity contribution in [2.75, 3.05) is 31.6 Å². The molecule has 2 amide bonds. The van der Waals surface area contributed by atoms with Gasteiger partial charge in [0.15, 0.2) is 0 Å². The summed E-state index contributed by atoms with van der Waals surface area (Å²) in [6.45, 7) is 3.44. The van der Waals surface area contributed by atoms with Crippen molar-refractivity contribution in [3.8, 4) is 11.5 Å². The van der Waals surface area contributed by atoms with E-state index < -0.39 is 28.5 Å². The summed E-state index contributed by atoms with van der Waals surface area (Å²) >= 11 is 12.5. The Morgan fingerprint density at radius 2 is 1.67 bits per heavy atom. The summed E-state index contributed by atoms with van der Waals surface area (Å²) in [6.07, 6.45) is 0.984. The van der Waals surface area contributed by atoms with E-state index in [1.165, 1.54) is 37.3 Å². The highest BCUT2D eigenvalue weighted by Gasteiger charge is 2.35.